The van der Waals surface area contributed by atoms with Gasteiger partial charge in [-0.25, -0.2) is 14.6 Å². The maximum Gasteiger partial charge on any atom is 0.298 e. The minimum atomic E-state index is -2.87. The maximum absolute atomic E-state index is 13.0. The van der Waals surface area contributed by atoms with Crippen molar-refractivity contribution in [2.24, 2.45) is 0 Å². The third-order valence-electron chi connectivity index (χ3n) is 5.06. The number of aromatic nitrogens is 5. The lowest BCUT2D eigenvalue weighted by molar-refractivity contribution is 0.0918. The fraction of sp³-hybridized carbons (Fsp3) is 0.333. The van der Waals surface area contributed by atoms with Crippen LogP contribution >= 0.6 is 34.2 Å². The average molecular weight is 588 g/mol. The third-order valence-corrected chi connectivity index (χ3v) is 5.99. The van der Waals surface area contributed by atoms with Gasteiger partial charge in [0.05, 0.1) is 21.6 Å². The summed E-state index contributed by atoms with van der Waals surface area (Å²) in [6.45, 7) is 5.84. The number of aromatic amines is 1. The smallest absolute Gasteiger partial charge is 0.298 e. The summed E-state index contributed by atoms with van der Waals surface area (Å²) >= 11 is 7.73. The number of hydrogen-bond acceptors (Lipinski definition) is 5. The Labute approximate surface area is 206 Å². The zero-order valence-corrected chi connectivity index (χ0v) is 20.9. The predicted molar refractivity (Wildman–Crippen MR) is 133 cm³/mol. The van der Waals surface area contributed by atoms with E-state index in [-0.39, 0.29) is 17.9 Å². The molecule has 0 saturated heterocycles. The van der Waals surface area contributed by atoms with Gasteiger partial charge in [0, 0.05) is 29.4 Å². The van der Waals surface area contributed by atoms with Gasteiger partial charge in [-0.1, -0.05) is 17.7 Å². The molecule has 0 aliphatic rings. The van der Waals surface area contributed by atoms with E-state index in [1.165, 1.54) is 6.33 Å². The second-order valence-electron chi connectivity index (χ2n) is 8.58. The minimum Gasteiger partial charge on any atom is -0.383 e. The van der Waals surface area contributed by atoms with Crippen molar-refractivity contribution in [2.45, 2.75) is 36.7 Å². The Hall–Kier alpha value is -2.54. The number of nitrogens with zero attached hydrogens (tertiary/aromatic N) is 4. The van der Waals surface area contributed by atoms with Crippen LogP contribution in [0.25, 0.3) is 33.3 Å². The standard InChI is InChI=1S/C21H21ClF2IN7O/c1-20(2,3)32-18-13(17(26)28-9-29-18)15(31-32)16-14(22)11-5-4-10(8-12(11)30-16)19(33)27-7-6-21(23,24)25/h4-5,8-9,30H,6-7H2,1-3H3,(H,27,33)(H2,26,28,29). The first-order chi connectivity index (χ1) is 15.4. The normalized spacial score (nSPS) is 12.6. The van der Waals surface area contributed by atoms with Gasteiger partial charge in [0.1, 0.15) is 17.8 Å². The molecule has 0 atom stereocenters. The lowest BCUT2D eigenvalue weighted by atomic mass is 10.1. The van der Waals surface area contributed by atoms with E-state index in [0.29, 0.717) is 43.9 Å². The van der Waals surface area contributed by atoms with Crippen molar-refractivity contribution in [3.8, 4) is 11.4 Å². The summed E-state index contributed by atoms with van der Waals surface area (Å²) in [5.41, 5.74) is 8.29. The fourth-order valence-corrected chi connectivity index (χ4v) is 4.08. The first kappa shape index (κ1) is 23.6. The number of rotatable bonds is 5. The van der Waals surface area contributed by atoms with E-state index in [9.17, 15) is 13.6 Å². The number of alkyl halides is 3. The highest BCUT2D eigenvalue weighted by Gasteiger charge is 2.27. The number of nitrogens with two attached hydrogens (primary N) is 1. The summed E-state index contributed by atoms with van der Waals surface area (Å²) in [6, 6.07) is 4.90. The van der Waals surface area contributed by atoms with E-state index >= 15 is 0 Å². The van der Waals surface area contributed by atoms with Crippen LogP contribution < -0.4 is 11.1 Å². The summed E-state index contributed by atoms with van der Waals surface area (Å²) in [6.07, 6.45) is 0.935. The molecule has 0 fully saturated rings. The van der Waals surface area contributed by atoms with E-state index in [2.05, 4.69) is 20.3 Å². The molecule has 0 aliphatic carbocycles. The third kappa shape index (κ3) is 4.60. The lowest BCUT2D eigenvalue weighted by Crippen LogP contribution is -2.27. The maximum atomic E-state index is 13.0. The Kier molecular flexibility index (Phi) is 5.97. The van der Waals surface area contributed by atoms with E-state index < -0.39 is 16.3 Å². The van der Waals surface area contributed by atoms with Crippen molar-refractivity contribution < 1.29 is 13.6 Å². The molecule has 4 rings (SSSR count). The predicted octanol–water partition coefficient (Wildman–Crippen LogP) is 5.11. The quantitative estimate of drug-likeness (QED) is 0.222. The highest BCUT2D eigenvalue weighted by Crippen LogP contribution is 2.39. The molecule has 0 radical (unpaired) electrons. The zero-order valence-electron chi connectivity index (χ0n) is 18.0. The first-order valence-corrected chi connectivity index (χ1v) is 11.5. The molecule has 0 saturated carbocycles. The van der Waals surface area contributed by atoms with Crippen LogP contribution in [0.15, 0.2) is 24.5 Å². The number of nitrogen functional groups attached to an aromatic ring is 1. The molecular weight excluding hydrogens is 567 g/mol. The summed E-state index contributed by atoms with van der Waals surface area (Å²) in [5.74, 6) is -0.183. The van der Waals surface area contributed by atoms with Crippen LogP contribution in [-0.4, -0.2) is 41.1 Å². The molecule has 33 heavy (non-hydrogen) atoms. The number of halogens is 4. The Balaban J connectivity index is 1.77. The molecule has 12 heteroatoms. The zero-order chi connectivity index (χ0) is 24.1. The van der Waals surface area contributed by atoms with E-state index in [4.69, 9.17) is 22.4 Å². The topological polar surface area (TPSA) is 115 Å². The molecule has 0 aliphatic heterocycles. The van der Waals surface area contributed by atoms with Gasteiger partial charge in [-0.05, 0) is 55.5 Å². The van der Waals surface area contributed by atoms with Crippen LogP contribution in [0.4, 0.5) is 14.6 Å². The van der Waals surface area contributed by atoms with E-state index in [0.717, 1.165) is 22.6 Å². The molecule has 1 aromatic carbocycles. The van der Waals surface area contributed by atoms with Gasteiger partial charge in [-0.3, -0.25) is 4.79 Å². The largest absolute Gasteiger partial charge is 0.383 e. The van der Waals surface area contributed by atoms with Gasteiger partial charge in [-0.2, -0.15) is 13.9 Å². The lowest BCUT2D eigenvalue weighted by Gasteiger charge is -2.19. The molecule has 0 bridgehead atoms. The average Bonchev–Trinajstić information content (AvgIpc) is 3.25. The van der Waals surface area contributed by atoms with Crippen molar-refractivity contribution >= 4 is 67.9 Å². The van der Waals surface area contributed by atoms with Crippen LogP contribution in [0.3, 0.4) is 0 Å². The van der Waals surface area contributed by atoms with Gasteiger partial charge in [-0.15, -0.1) is 0 Å². The molecule has 3 aromatic heterocycles. The molecule has 1 amide bonds. The van der Waals surface area contributed by atoms with E-state index in [1.54, 1.807) is 22.9 Å². The molecule has 0 spiro atoms. The highest BCUT2D eigenvalue weighted by molar-refractivity contribution is 14.1. The number of nitrogens with one attached hydrogen (secondary N) is 2. The first-order valence-electron chi connectivity index (χ1n) is 10.0. The van der Waals surface area contributed by atoms with Gasteiger partial charge in [0.2, 0.25) is 0 Å². The number of H-pyrrole nitrogens is 1. The number of fused-ring (bicyclic) bond motifs is 2. The molecule has 3 heterocycles. The highest BCUT2D eigenvalue weighted by atomic mass is 127. The minimum absolute atomic E-state index is 0.140. The summed E-state index contributed by atoms with van der Waals surface area (Å²) < 4.78 is 24.9. The molecule has 174 valence electrons. The number of amides is 1. The molecular formula is C21H21ClF2IN7O. The Morgan fingerprint density at radius 3 is 2.70 bits per heavy atom. The molecule has 8 nitrogen and oxygen atoms in total. The van der Waals surface area contributed by atoms with Crippen molar-refractivity contribution in [3.05, 3.63) is 35.1 Å². The summed E-state index contributed by atoms with van der Waals surface area (Å²) in [4.78, 5) is 24.1. The number of benzene rings is 1. The van der Waals surface area contributed by atoms with Crippen molar-refractivity contribution in [3.63, 3.8) is 0 Å². The number of hydrogen-bond donors (Lipinski definition) is 3. The van der Waals surface area contributed by atoms with Crippen LogP contribution in [0, 0.1) is 0 Å². The monoisotopic (exact) mass is 587 g/mol. The number of carbonyl (C=O) groups excluding carboxylic acids is 1. The SMILES string of the molecule is CC(C)(C)n1nc(-c2[nH]c3cc(C(=O)NCCC(F)(F)I)ccc3c2Cl)c2c(N)ncnc21. The van der Waals surface area contributed by atoms with Crippen molar-refractivity contribution in [1.82, 2.24) is 30.0 Å². The summed E-state index contributed by atoms with van der Waals surface area (Å²) in [5, 5.41) is 8.89. The van der Waals surface area contributed by atoms with Gasteiger partial charge < -0.3 is 16.0 Å². The molecule has 4 N–H and O–H groups in total. The number of carbonyl (C=O) groups is 1. The van der Waals surface area contributed by atoms with Crippen LogP contribution in [0.5, 0.6) is 0 Å². The fourth-order valence-electron chi connectivity index (χ4n) is 3.50. The van der Waals surface area contributed by atoms with E-state index in [1.807, 2.05) is 20.8 Å². The Morgan fingerprint density at radius 1 is 1.30 bits per heavy atom. The Morgan fingerprint density at radius 2 is 2.03 bits per heavy atom. The Bertz CT molecular complexity index is 1370. The second-order valence-corrected chi connectivity index (χ2v) is 10.5. The molecule has 4 aromatic rings. The van der Waals surface area contributed by atoms with Crippen molar-refractivity contribution in [2.75, 3.05) is 12.3 Å². The van der Waals surface area contributed by atoms with Crippen molar-refractivity contribution in [1.29, 1.82) is 0 Å². The van der Waals surface area contributed by atoms with Crippen LogP contribution in [0.1, 0.15) is 37.6 Å². The molecule has 0 unspecified atom stereocenters. The van der Waals surface area contributed by atoms with Crippen LogP contribution in [0.2, 0.25) is 5.02 Å². The second kappa shape index (κ2) is 8.35. The van der Waals surface area contributed by atoms with Crippen LogP contribution in [-0.2, 0) is 5.54 Å². The summed E-state index contributed by atoms with van der Waals surface area (Å²) in [7, 11) is 0. The van der Waals surface area contributed by atoms with Gasteiger partial charge in [0.15, 0.2) is 5.65 Å². The number of anilines is 1. The van der Waals surface area contributed by atoms with Gasteiger partial charge >= 0.3 is 0 Å². The van der Waals surface area contributed by atoms with Gasteiger partial charge in [0.25, 0.3) is 9.84 Å².